The van der Waals surface area contributed by atoms with E-state index in [1.807, 2.05) is 0 Å². The summed E-state index contributed by atoms with van der Waals surface area (Å²) in [6, 6.07) is 22.9. The van der Waals surface area contributed by atoms with Gasteiger partial charge in [0.25, 0.3) is 17.7 Å². The van der Waals surface area contributed by atoms with E-state index in [-0.39, 0.29) is 381 Å². The Morgan fingerprint density at radius 2 is 0.511 bits per heavy atom. The fourth-order valence-electron chi connectivity index (χ4n) is 13.1. The summed E-state index contributed by atoms with van der Waals surface area (Å²) in [7, 11) is 9.52. The second-order valence-corrected chi connectivity index (χ2v) is 30.3. The van der Waals surface area contributed by atoms with Crippen LogP contribution in [0.25, 0.3) is 0 Å². The van der Waals surface area contributed by atoms with Crippen LogP contribution in [0.3, 0.4) is 0 Å². The minimum absolute atomic E-state index is 0. The molecule has 0 fully saturated rings. The van der Waals surface area contributed by atoms with Crippen LogP contribution in [0, 0.1) is 5.41 Å². The van der Waals surface area contributed by atoms with Crippen molar-refractivity contribution in [1.29, 1.82) is 0 Å². The molecule has 0 saturated heterocycles. The number of unbranched alkanes of at least 4 members (excludes halogenated alkanes) is 2. The van der Waals surface area contributed by atoms with Crippen LogP contribution >= 0.6 is 0 Å². The fourth-order valence-corrected chi connectivity index (χ4v) is 13.1. The molecule has 0 aromatic heterocycles. The number of hydrogen-bond donors (Lipinski definition) is 4. The van der Waals surface area contributed by atoms with E-state index in [0.29, 0.717) is 136 Å². The smallest absolute Gasteiger partial charge is 0.873 e. The van der Waals surface area contributed by atoms with Gasteiger partial charge < -0.3 is 175 Å². The number of para-hydroxylation sites is 3. The molecule has 0 heterocycles. The molecule has 0 aliphatic rings. The number of hydrogen-bond acceptors (Lipinski definition) is 36. The van der Waals surface area contributed by atoms with E-state index in [9.17, 15) is 45.0 Å². The zero-order chi connectivity index (χ0) is 98.2. The van der Waals surface area contributed by atoms with E-state index in [1.165, 1.54) is 36.4 Å². The van der Waals surface area contributed by atoms with Crippen LogP contribution in [0.2, 0.25) is 0 Å². The number of benzene rings is 6. The Bertz CT molecular complexity index is 4000. The summed E-state index contributed by atoms with van der Waals surface area (Å²) < 4.78 is 152. The Morgan fingerprint density at radius 1 is 0.270 bits per heavy atom. The Kier molecular flexibility index (Phi) is 77.1. The van der Waals surface area contributed by atoms with Gasteiger partial charge in [0.1, 0.15) is 64.4 Å². The average molecular weight is 2100 g/mol. The van der Waals surface area contributed by atoms with E-state index in [0.717, 1.165) is 18.2 Å². The summed E-state index contributed by atoms with van der Waals surface area (Å²) in [5.41, 5.74) is -0.872. The maximum atomic E-state index is 15.9. The number of nitrogens with one attached hydrogen (secondary N) is 4. The Hall–Kier alpha value is -6.67. The van der Waals surface area contributed by atoms with Gasteiger partial charge in [-0.3, -0.25) is 19.2 Å². The summed E-state index contributed by atoms with van der Waals surface area (Å²) in [4.78, 5) is 56.3. The van der Waals surface area contributed by atoms with Crippen molar-refractivity contribution in [3.63, 3.8) is 0 Å². The van der Waals surface area contributed by atoms with Crippen molar-refractivity contribution in [3.8, 4) is 80.5 Å². The summed E-state index contributed by atoms with van der Waals surface area (Å²) >= 11 is 0. The molecule has 4 amide bonds. The second kappa shape index (κ2) is 83.4. The van der Waals surface area contributed by atoms with E-state index < -0.39 is 63.5 Å². The first-order chi connectivity index (χ1) is 67.0. The number of methoxy groups -OCH3 is 6. The van der Waals surface area contributed by atoms with Crippen molar-refractivity contribution in [2.45, 2.75) is 71.1 Å². The maximum absolute atomic E-state index is 15.9. The third-order valence-electron chi connectivity index (χ3n) is 20.1. The van der Waals surface area contributed by atoms with Gasteiger partial charge in [0.15, 0.2) is 23.0 Å². The number of amides is 4. The summed E-state index contributed by atoms with van der Waals surface area (Å²) in [6.07, 6.45) is 1.53. The molecule has 0 unspecified atom stereocenters. The van der Waals surface area contributed by atoms with Gasteiger partial charge in [-0.15, -0.1) is 34.5 Å². The van der Waals surface area contributed by atoms with Gasteiger partial charge >= 0.3 is 88.7 Å². The first-order valence-electron chi connectivity index (χ1n) is 45.9. The SMILES string of the molecule is COCCOCCOCCOc1cc(COc2cc(CNC(=O)C(CCCCNC(=O)c3cccc([O-])c3[O-])(CCCCNC(=O)c3cccc([O-])c3[O-])CCCNC(=O)c3cccc([O-])c3[O-])cc(OCc3cc(OCCOCCOCCOC)c(OCCOCCOCCOC)c(OCCOCCOCCOC)c3)c2)cc(OCCOCCOCCOC)c1OCCOCCOCCOC.[99Tc].[Na+].[Na+].[Na+]. The molecule has 6 aromatic carbocycles. The Labute approximate surface area is 906 Å². The zero-order valence-corrected chi connectivity index (χ0v) is 91.0. The van der Waals surface area contributed by atoms with Crippen molar-refractivity contribution < 1.29 is 282 Å². The number of ether oxygens (including phenoxy) is 26. The fraction of sp³-hybridized carbons (Fsp3) is 0.588. The summed E-state index contributed by atoms with van der Waals surface area (Å²) in [6.45, 7) is 9.05. The molecule has 0 saturated carbocycles. The molecule has 0 aliphatic heterocycles. The molecule has 44 heteroatoms. The molecule has 1 radical (unpaired) electrons. The van der Waals surface area contributed by atoms with E-state index in [2.05, 4.69) is 21.3 Å². The summed E-state index contributed by atoms with van der Waals surface area (Å²) in [5, 5.41) is 86.8. The second-order valence-electron chi connectivity index (χ2n) is 30.3. The Morgan fingerprint density at radius 3 is 0.780 bits per heavy atom. The van der Waals surface area contributed by atoms with Crippen molar-refractivity contribution in [2.24, 2.45) is 5.41 Å². The van der Waals surface area contributed by atoms with Gasteiger partial charge in [-0.2, -0.15) is 0 Å². The standard InChI is InChI=1S/C97H144N4O36.3Na.Tc/c1-112-27-33-118-39-45-124-51-57-130-84-65-74(66-85(131-58-52-125-46-40-119-34-28-113-2)91(84)134-61-55-128-49-43-122-37-31-116-5)71-136-76-63-73(64-77(69-76)137-72-75-67-86(132-59-53-126-47-41-120-35-29-114-3)92(135-62-56-129-50-44-123-38-32-117-6)87(68-75)133-60-54-127-48-42-121-36-30-115-4)70-101-96(111)97(23-14-26-100-95(110)80-17-13-20-83(104)90(80)107,21-7-9-24-98-93(108)78-15-11-18-81(102)88(78)105)22-8-10-25-99-94(109)79-16-12-19-82(103)89(79)106;;;;/h11-13,15-20,63-69,102-107H,7-10,14,21-62,70-72H2,1-6H3,(H,98,108)(H,99,109)(H,100,110)(H,101,111);;;;/q;3*+1;/p-6/i;;;;1+1. The van der Waals surface area contributed by atoms with Crippen molar-refractivity contribution in [3.05, 3.63) is 130 Å². The van der Waals surface area contributed by atoms with Crippen LogP contribution in [-0.2, 0) is 130 Å². The number of carbonyl (C=O) groups is 4. The van der Waals surface area contributed by atoms with Gasteiger partial charge in [0.05, 0.1) is 198 Å². The predicted molar refractivity (Wildman–Crippen MR) is 486 cm³/mol. The molecule has 40 nitrogen and oxygen atoms in total. The molecule has 0 atom stereocenters. The van der Waals surface area contributed by atoms with Crippen LogP contribution in [-0.4, -0.2) is 324 Å². The van der Waals surface area contributed by atoms with Crippen molar-refractivity contribution in [1.82, 2.24) is 21.3 Å². The average Bonchev–Trinajstić information content (AvgIpc) is 0.821. The summed E-state index contributed by atoms with van der Waals surface area (Å²) in [5.74, 6) is -6.31. The molecular formula is C97H138N4Na3O36Tc-3. The number of carbonyl (C=O) groups excluding carboxylic acids is 4. The van der Waals surface area contributed by atoms with E-state index >= 15 is 4.79 Å². The minimum atomic E-state index is -1.34. The van der Waals surface area contributed by atoms with Gasteiger partial charge in [-0.05, 0) is 91.6 Å². The molecule has 0 aliphatic carbocycles. The quantitative estimate of drug-likeness (QED) is 0.0207. The zero-order valence-electron chi connectivity index (χ0n) is 83.2. The number of rotatable bonds is 86. The first-order valence-corrected chi connectivity index (χ1v) is 45.9. The van der Waals surface area contributed by atoms with Crippen LogP contribution in [0.4, 0.5) is 0 Å². The molecule has 775 valence electrons. The topological polar surface area (TPSA) is 495 Å². The third-order valence-corrected chi connectivity index (χ3v) is 20.1. The van der Waals surface area contributed by atoms with Crippen LogP contribution in [0.5, 0.6) is 80.5 Å². The van der Waals surface area contributed by atoms with Gasteiger partial charge in [0, 0.05) is 117 Å². The molecule has 0 bridgehead atoms. The van der Waals surface area contributed by atoms with Crippen LogP contribution < -0.4 is 178 Å². The van der Waals surface area contributed by atoms with Crippen LogP contribution in [0.15, 0.2) is 97.1 Å². The van der Waals surface area contributed by atoms with Gasteiger partial charge in [-0.1, -0.05) is 67.4 Å². The largest absolute Gasteiger partial charge is 1.00 e. The van der Waals surface area contributed by atoms with Gasteiger partial charge in [0.2, 0.25) is 17.4 Å². The normalized spacial score (nSPS) is 11.0. The Balaban J connectivity index is 0.0000168. The van der Waals surface area contributed by atoms with E-state index in [4.69, 9.17) is 123 Å². The minimum Gasteiger partial charge on any atom is -0.873 e. The van der Waals surface area contributed by atoms with E-state index in [1.54, 1.807) is 85.1 Å². The van der Waals surface area contributed by atoms with Crippen molar-refractivity contribution in [2.75, 3.05) is 300 Å². The molecule has 4 N–H and O–H groups in total. The molecule has 0 spiro atoms. The van der Waals surface area contributed by atoms with Crippen molar-refractivity contribution >= 4 is 23.6 Å². The molecule has 6 aromatic rings. The maximum Gasteiger partial charge on any atom is 1.00 e. The molecule has 141 heavy (non-hydrogen) atoms. The van der Waals surface area contributed by atoms with Gasteiger partial charge in [-0.25, -0.2) is 0 Å². The van der Waals surface area contributed by atoms with Crippen LogP contribution in [0.1, 0.15) is 99.1 Å². The monoisotopic (exact) mass is 2100 g/mol. The first kappa shape index (κ1) is 130. The molecule has 6 rings (SSSR count). The third kappa shape index (κ3) is 55.1. The predicted octanol–water partition coefficient (Wildman–Crippen LogP) is -4.34. The molecular weight excluding hydrogens is 1960 g/mol.